The van der Waals surface area contributed by atoms with Crippen molar-refractivity contribution >= 4 is 57.9 Å². The molecule has 1 aromatic heterocycles. The maximum Gasteiger partial charge on any atom is 0.229 e. The number of anilines is 7. The van der Waals surface area contributed by atoms with E-state index in [0.29, 0.717) is 50.1 Å². The first kappa shape index (κ1) is 33.3. The molecule has 0 unspecified atom stereocenters. The average Bonchev–Trinajstić information content (AvgIpc) is 3.09. The van der Waals surface area contributed by atoms with Crippen LogP contribution in [-0.4, -0.2) is 104 Å². The molecule has 0 atom stereocenters. The van der Waals surface area contributed by atoms with Crippen molar-refractivity contribution in [2.24, 2.45) is 0 Å². The molecule has 0 spiro atoms. The fourth-order valence-corrected chi connectivity index (χ4v) is 5.89. The van der Waals surface area contributed by atoms with Crippen LogP contribution in [0.5, 0.6) is 5.75 Å². The monoisotopic (exact) mass is 643 g/mol. The molecule has 0 aliphatic carbocycles. The van der Waals surface area contributed by atoms with Gasteiger partial charge < -0.3 is 39.9 Å². The van der Waals surface area contributed by atoms with Gasteiger partial charge in [-0.2, -0.15) is 4.98 Å². The first-order valence-corrected chi connectivity index (χ1v) is 16.0. The van der Waals surface area contributed by atoms with Crippen molar-refractivity contribution < 1.29 is 19.1 Å². The number of carbonyl (C=O) groups is 3. The Kier molecular flexibility index (Phi) is 10.3. The number of rotatable bonds is 9. The molecule has 2 aromatic carbocycles. The van der Waals surface area contributed by atoms with Crippen LogP contribution in [0.1, 0.15) is 32.8 Å². The lowest BCUT2D eigenvalue weighted by Crippen LogP contribution is -2.48. The Hall–Kier alpha value is -5.07. The van der Waals surface area contributed by atoms with Crippen LogP contribution in [-0.2, 0) is 14.4 Å². The van der Waals surface area contributed by atoms with Gasteiger partial charge in [-0.1, -0.05) is 6.92 Å². The highest BCUT2D eigenvalue weighted by Crippen LogP contribution is 2.35. The van der Waals surface area contributed by atoms with Crippen molar-refractivity contribution in [3.05, 3.63) is 48.2 Å². The van der Waals surface area contributed by atoms with Crippen LogP contribution < -0.4 is 30.1 Å². The van der Waals surface area contributed by atoms with Crippen LogP contribution in [0.4, 0.5) is 40.2 Å². The number of benzene rings is 2. The zero-order valence-electron chi connectivity index (χ0n) is 28.2. The van der Waals surface area contributed by atoms with Gasteiger partial charge in [-0.3, -0.25) is 14.4 Å². The quantitative estimate of drug-likeness (QED) is 0.354. The van der Waals surface area contributed by atoms with E-state index in [1.807, 2.05) is 60.0 Å². The van der Waals surface area contributed by atoms with Gasteiger partial charge in [0, 0.05) is 109 Å². The molecule has 0 saturated carbocycles. The lowest BCUT2D eigenvalue weighted by Gasteiger charge is -2.36. The number of amides is 3. The number of nitrogens with one attached hydrogen (secondary N) is 2. The molecule has 2 N–H and O–H groups in total. The molecular weight excluding hydrogens is 598 g/mol. The Bertz CT molecular complexity index is 1620. The fraction of sp³-hybridized carbons (Fsp3) is 0.441. The molecule has 47 heavy (non-hydrogen) atoms. The number of methoxy groups -OCH3 is 1. The number of nitrogens with zero attached hydrogens (tertiary/aromatic N) is 7. The highest BCUT2D eigenvalue weighted by atomic mass is 16.5. The molecule has 2 fully saturated rings. The zero-order valence-corrected chi connectivity index (χ0v) is 28.2. The maximum absolute atomic E-state index is 12.8. The first-order valence-electron chi connectivity index (χ1n) is 16.0. The van der Waals surface area contributed by atoms with Gasteiger partial charge >= 0.3 is 0 Å². The summed E-state index contributed by atoms with van der Waals surface area (Å²) < 4.78 is 5.73. The molecule has 3 heterocycles. The predicted octanol–water partition coefficient (Wildman–Crippen LogP) is 3.99. The van der Waals surface area contributed by atoms with E-state index >= 15 is 0 Å². The van der Waals surface area contributed by atoms with Crippen molar-refractivity contribution in [3.8, 4) is 5.75 Å². The van der Waals surface area contributed by atoms with E-state index in [1.165, 1.54) is 0 Å². The summed E-state index contributed by atoms with van der Waals surface area (Å²) in [6.07, 6.45) is 2.11. The smallest absolute Gasteiger partial charge is 0.229 e. The van der Waals surface area contributed by atoms with E-state index in [1.54, 1.807) is 39.1 Å². The third-order valence-corrected chi connectivity index (χ3v) is 8.86. The molecule has 3 amide bonds. The first-order chi connectivity index (χ1) is 22.6. The number of piperazine rings is 2. The van der Waals surface area contributed by atoms with Gasteiger partial charge in [0.25, 0.3) is 0 Å². The summed E-state index contributed by atoms with van der Waals surface area (Å²) in [5.74, 6) is 1.82. The van der Waals surface area contributed by atoms with Crippen molar-refractivity contribution in [1.82, 2.24) is 19.8 Å². The van der Waals surface area contributed by atoms with Crippen LogP contribution in [0.15, 0.2) is 42.6 Å². The number of ether oxygens (including phenoxy) is 1. The van der Waals surface area contributed by atoms with Crippen molar-refractivity contribution in [1.29, 1.82) is 0 Å². The molecule has 5 rings (SSSR count). The topological polar surface area (TPSA) is 126 Å². The van der Waals surface area contributed by atoms with Gasteiger partial charge in [0.1, 0.15) is 11.6 Å². The molecule has 250 valence electrons. The van der Waals surface area contributed by atoms with Gasteiger partial charge in [-0.15, -0.1) is 0 Å². The molecule has 2 aliphatic heterocycles. The second kappa shape index (κ2) is 14.6. The molecule has 0 radical (unpaired) electrons. The molecule has 2 saturated heterocycles. The SMILES string of the molecule is CCC(=O)N(C)c1cc(N2CCN(C(C)=O)CC2)ccc1Nc1nc(Nc2ccc(N3CCN(C(C)=O)CC3)cc2OC)ncc1C. The zero-order chi connectivity index (χ0) is 33.7. The number of carbonyl (C=O) groups excluding carboxylic acids is 3. The number of hydrogen-bond acceptors (Lipinski definition) is 10. The van der Waals surface area contributed by atoms with Gasteiger partial charge in [-0.25, -0.2) is 4.98 Å². The second-order valence-corrected chi connectivity index (χ2v) is 11.9. The van der Waals surface area contributed by atoms with Crippen LogP contribution >= 0.6 is 0 Å². The fourth-order valence-electron chi connectivity index (χ4n) is 5.89. The van der Waals surface area contributed by atoms with Gasteiger partial charge in [0.15, 0.2) is 0 Å². The summed E-state index contributed by atoms with van der Waals surface area (Å²) >= 11 is 0. The van der Waals surface area contributed by atoms with Crippen LogP contribution in [0.2, 0.25) is 0 Å². The van der Waals surface area contributed by atoms with E-state index in [-0.39, 0.29) is 17.7 Å². The second-order valence-electron chi connectivity index (χ2n) is 11.9. The maximum atomic E-state index is 12.8. The van der Waals surface area contributed by atoms with Crippen LogP contribution in [0.3, 0.4) is 0 Å². The predicted molar refractivity (Wildman–Crippen MR) is 185 cm³/mol. The number of aromatic nitrogens is 2. The third kappa shape index (κ3) is 7.67. The molecule has 3 aromatic rings. The minimum absolute atomic E-state index is 0.00959. The van der Waals surface area contributed by atoms with Crippen LogP contribution in [0, 0.1) is 6.92 Å². The molecule has 0 bridgehead atoms. The molecule has 2 aliphatic rings. The lowest BCUT2D eigenvalue weighted by molar-refractivity contribution is -0.129. The third-order valence-electron chi connectivity index (χ3n) is 8.86. The summed E-state index contributed by atoms with van der Waals surface area (Å²) in [6.45, 7) is 12.6. The van der Waals surface area contributed by atoms with Gasteiger partial charge in [0.2, 0.25) is 23.7 Å². The van der Waals surface area contributed by atoms with E-state index in [0.717, 1.165) is 60.2 Å². The molecule has 13 heteroatoms. The lowest BCUT2D eigenvalue weighted by atomic mass is 10.1. The minimum Gasteiger partial charge on any atom is -0.494 e. The summed E-state index contributed by atoms with van der Waals surface area (Å²) in [4.78, 5) is 55.6. The van der Waals surface area contributed by atoms with Crippen LogP contribution in [0.25, 0.3) is 0 Å². The van der Waals surface area contributed by atoms with Gasteiger partial charge in [-0.05, 0) is 37.3 Å². The standard InChI is InChI=1S/C34H45N9O4/c1-7-32(46)39(5)30-20-26(42-16-12-40(13-17-42)24(3)44)8-10-28(30)36-33-23(2)22-35-34(38-33)37-29-11-9-27(21-31(29)47-6)43-18-14-41(15-19-43)25(4)45/h8-11,20-22H,7,12-19H2,1-6H3,(H2,35,36,37,38). The van der Waals surface area contributed by atoms with E-state index < -0.39 is 0 Å². The van der Waals surface area contributed by atoms with E-state index in [4.69, 9.17) is 9.72 Å². The minimum atomic E-state index is -0.00959. The average molecular weight is 644 g/mol. The Morgan fingerprint density at radius 1 is 0.830 bits per heavy atom. The number of hydrogen-bond donors (Lipinski definition) is 2. The highest BCUT2D eigenvalue weighted by Gasteiger charge is 2.23. The normalized spacial score (nSPS) is 14.9. The Labute approximate surface area is 276 Å². The van der Waals surface area contributed by atoms with E-state index in [2.05, 4.69) is 25.4 Å². The summed E-state index contributed by atoms with van der Waals surface area (Å²) in [6, 6.07) is 12.0. The summed E-state index contributed by atoms with van der Waals surface area (Å²) in [7, 11) is 3.41. The summed E-state index contributed by atoms with van der Waals surface area (Å²) in [5, 5.41) is 6.75. The highest BCUT2D eigenvalue weighted by molar-refractivity contribution is 5.97. The number of aryl methyl sites for hydroxylation is 1. The Morgan fingerprint density at radius 3 is 1.91 bits per heavy atom. The Morgan fingerprint density at radius 2 is 1.38 bits per heavy atom. The molecule has 13 nitrogen and oxygen atoms in total. The molecular formula is C34H45N9O4. The Balaban J connectivity index is 1.35. The summed E-state index contributed by atoms with van der Waals surface area (Å²) in [5.41, 5.74) is 5.03. The van der Waals surface area contributed by atoms with Crippen molar-refractivity contribution in [3.63, 3.8) is 0 Å². The largest absolute Gasteiger partial charge is 0.494 e. The van der Waals surface area contributed by atoms with Crippen molar-refractivity contribution in [2.75, 3.05) is 91.8 Å². The van der Waals surface area contributed by atoms with Gasteiger partial charge in [0.05, 0.1) is 24.2 Å². The van der Waals surface area contributed by atoms with E-state index in [9.17, 15) is 14.4 Å². The van der Waals surface area contributed by atoms with Crippen molar-refractivity contribution in [2.45, 2.75) is 34.1 Å².